The van der Waals surface area contributed by atoms with Crippen LogP contribution in [0, 0.1) is 0 Å². The summed E-state index contributed by atoms with van der Waals surface area (Å²) in [6.45, 7) is 11.5. The lowest BCUT2D eigenvalue weighted by Crippen LogP contribution is -2.17. The molecular weight excluding hydrogens is 721 g/mol. The first-order valence-corrected chi connectivity index (χ1v) is 20.6. The number of aromatic nitrogens is 1. The Labute approximate surface area is 342 Å². The lowest BCUT2D eigenvalue weighted by molar-refractivity contribution is 0.590. The molecule has 0 radical (unpaired) electrons. The van der Waals surface area contributed by atoms with Crippen molar-refractivity contribution < 1.29 is 8.83 Å². The van der Waals surface area contributed by atoms with Crippen molar-refractivity contribution in [2.24, 2.45) is 0 Å². The molecule has 0 unspecified atom stereocenters. The summed E-state index contributed by atoms with van der Waals surface area (Å²) >= 11 is 0. The van der Waals surface area contributed by atoms with Gasteiger partial charge < -0.3 is 18.3 Å². The third-order valence-electron chi connectivity index (χ3n) is 12.9. The molecule has 4 nitrogen and oxygen atoms in total. The summed E-state index contributed by atoms with van der Waals surface area (Å²) in [7, 11) is 0. The van der Waals surface area contributed by atoms with Gasteiger partial charge in [-0.25, -0.2) is 0 Å². The van der Waals surface area contributed by atoms with E-state index < -0.39 is 0 Å². The van der Waals surface area contributed by atoms with Gasteiger partial charge in [0.1, 0.15) is 22.3 Å². The fourth-order valence-electron chi connectivity index (χ4n) is 9.99. The molecule has 3 heterocycles. The van der Waals surface area contributed by atoms with Crippen LogP contribution in [0.2, 0.25) is 0 Å². The van der Waals surface area contributed by atoms with E-state index in [1.165, 1.54) is 38.5 Å². The van der Waals surface area contributed by atoms with Gasteiger partial charge in [0.15, 0.2) is 0 Å². The maximum atomic E-state index is 7.10. The van der Waals surface area contributed by atoms with Gasteiger partial charge in [-0.15, -0.1) is 0 Å². The summed E-state index contributed by atoms with van der Waals surface area (Å²) in [5, 5.41) is 6.84. The summed E-state index contributed by atoms with van der Waals surface area (Å²) in [6.07, 6.45) is 0. The van der Waals surface area contributed by atoms with Crippen LogP contribution in [-0.2, 0) is 10.8 Å². The molecule has 0 saturated heterocycles. The molecule has 11 aromatic rings. The Morgan fingerprint density at radius 2 is 1.10 bits per heavy atom. The van der Waals surface area contributed by atoms with Crippen molar-refractivity contribution >= 4 is 82.7 Å². The molecule has 0 fully saturated rings. The molecule has 0 N–H and O–H groups in total. The van der Waals surface area contributed by atoms with E-state index in [1.807, 2.05) is 6.07 Å². The van der Waals surface area contributed by atoms with Crippen LogP contribution in [0.4, 0.5) is 17.1 Å². The third kappa shape index (κ3) is 4.77. The second-order valence-corrected chi connectivity index (χ2v) is 17.7. The van der Waals surface area contributed by atoms with E-state index in [2.05, 4.69) is 202 Å². The van der Waals surface area contributed by atoms with Crippen molar-refractivity contribution in [3.63, 3.8) is 0 Å². The molecule has 1 aliphatic carbocycles. The standard InChI is InChI=1S/C55H42N2O2/c1-54(2,3)33-23-25-35(26-24-33)56(36-27-30-45-41(31-36)37-17-9-12-20-44(37)57(45)34-15-7-6-8-16-34)46-32-43-51(53-49(46)40-19-11-14-22-48(40)59-53)50-42(55(43,4)5)29-28-39-38-18-10-13-21-47(38)58-52(39)50/h6-32H,1-5H3. The van der Waals surface area contributed by atoms with E-state index in [1.54, 1.807) is 0 Å². The quantitative estimate of drug-likeness (QED) is 0.179. The van der Waals surface area contributed by atoms with Gasteiger partial charge in [0.25, 0.3) is 0 Å². The van der Waals surface area contributed by atoms with Crippen LogP contribution in [0.25, 0.3) is 82.5 Å². The predicted molar refractivity (Wildman–Crippen MR) is 246 cm³/mol. The zero-order valence-electron chi connectivity index (χ0n) is 33.8. The topological polar surface area (TPSA) is 34.5 Å². The van der Waals surface area contributed by atoms with Crippen LogP contribution in [0.1, 0.15) is 51.3 Å². The Balaban J connectivity index is 1.19. The van der Waals surface area contributed by atoms with Gasteiger partial charge in [-0.2, -0.15) is 0 Å². The second-order valence-electron chi connectivity index (χ2n) is 17.7. The molecule has 284 valence electrons. The molecule has 3 aromatic heterocycles. The van der Waals surface area contributed by atoms with Gasteiger partial charge in [0, 0.05) is 60.5 Å². The minimum absolute atomic E-state index is 0.0148. The van der Waals surface area contributed by atoms with Crippen LogP contribution in [0.15, 0.2) is 173 Å². The summed E-state index contributed by atoms with van der Waals surface area (Å²) in [5.74, 6) is 0. The Morgan fingerprint density at radius 3 is 1.86 bits per heavy atom. The molecule has 12 rings (SSSR count). The average Bonchev–Trinajstić information content (AvgIpc) is 3.98. The number of benzene rings is 8. The number of nitrogens with zero attached hydrogens (tertiary/aromatic N) is 2. The van der Waals surface area contributed by atoms with Gasteiger partial charge in [0.2, 0.25) is 0 Å². The molecule has 0 aliphatic heterocycles. The highest BCUT2D eigenvalue weighted by molar-refractivity contribution is 6.22. The number of anilines is 3. The van der Waals surface area contributed by atoms with Gasteiger partial charge in [-0.1, -0.05) is 132 Å². The molecule has 0 spiro atoms. The summed E-state index contributed by atoms with van der Waals surface area (Å²) in [5.41, 5.74) is 16.0. The number of furan rings is 2. The Kier molecular flexibility index (Phi) is 6.92. The summed E-state index contributed by atoms with van der Waals surface area (Å²) in [4.78, 5) is 2.46. The number of hydrogen-bond acceptors (Lipinski definition) is 3. The predicted octanol–water partition coefficient (Wildman–Crippen LogP) is 15.7. The molecular formula is C55H42N2O2. The number of para-hydroxylation sites is 4. The van der Waals surface area contributed by atoms with Crippen LogP contribution in [-0.4, -0.2) is 4.57 Å². The molecule has 59 heavy (non-hydrogen) atoms. The summed E-state index contributed by atoms with van der Waals surface area (Å²) in [6, 6.07) is 59.4. The average molecular weight is 763 g/mol. The van der Waals surface area contributed by atoms with E-state index in [4.69, 9.17) is 8.83 Å². The maximum Gasteiger partial charge on any atom is 0.145 e. The van der Waals surface area contributed by atoms with E-state index in [0.717, 1.165) is 77.8 Å². The van der Waals surface area contributed by atoms with Gasteiger partial charge in [-0.05, 0) is 88.8 Å². The lowest BCUT2D eigenvalue weighted by Gasteiger charge is -2.30. The SMILES string of the molecule is CC(C)(C)c1ccc(N(c2ccc3c(c2)c2ccccc2n3-c2ccccc2)c2cc3c(c4oc5ccccc5c24)-c2c(ccc4c2oc2ccccc24)C3(C)C)cc1. The number of hydrogen-bond donors (Lipinski definition) is 0. The van der Waals surface area contributed by atoms with Crippen LogP contribution >= 0.6 is 0 Å². The minimum atomic E-state index is -0.339. The van der Waals surface area contributed by atoms with Crippen LogP contribution in [0.3, 0.4) is 0 Å². The largest absolute Gasteiger partial charge is 0.455 e. The molecule has 0 atom stereocenters. The van der Waals surface area contributed by atoms with Crippen LogP contribution < -0.4 is 4.90 Å². The smallest absolute Gasteiger partial charge is 0.145 e. The summed E-state index contributed by atoms with van der Waals surface area (Å²) < 4.78 is 16.3. The lowest BCUT2D eigenvalue weighted by atomic mass is 9.81. The van der Waals surface area contributed by atoms with Gasteiger partial charge in [-0.3, -0.25) is 0 Å². The van der Waals surface area contributed by atoms with Crippen molar-refractivity contribution in [3.05, 3.63) is 180 Å². The normalized spacial score (nSPS) is 13.6. The molecule has 1 aliphatic rings. The van der Waals surface area contributed by atoms with Crippen molar-refractivity contribution in [2.75, 3.05) is 4.90 Å². The third-order valence-corrected chi connectivity index (χ3v) is 12.9. The van der Waals surface area contributed by atoms with E-state index in [0.29, 0.717) is 0 Å². The van der Waals surface area contributed by atoms with Crippen molar-refractivity contribution in [1.82, 2.24) is 4.57 Å². The van der Waals surface area contributed by atoms with E-state index in [9.17, 15) is 0 Å². The molecule has 4 heteroatoms. The van der Waals surface area contributed by atoms with E-state index >= 15 is 0 Å². The zero-order chi connectivity index (χ0) is 39.8. The fourth-order valence-corrected chi connectivity index (χ4v) is 9.99. The number of rotatable bonds is 4. The van der Waals surface area contributed by atoms with Crippen LogP contribution in [0.5, 0.6) is 0 Å². The highest BCUT2D eigenvalue weighted by atomic mass is 16.3. The molecule has 8 aromatic carbocycles. The Morgan fingerprint density at radius 1 is 0.492 bits per heavy atom. The minimum Gasteiger partial charge on any atom is -0.455 e. The first-order valence-electron chi connectivity index (χ1n) is 20.6. The highest BCUT2D eigenvalue weighted by Gasteiger charge is 2.41. The van der Waals surface area contributed by atoms with Gasteiger partial charge >= 0.3 is 0 Å². The second kappa shape index (κ2) is 12.0. The van der Waals surface area contributed by atoms with E-state index in [-0.39, 0.29) is 10.8 Å². The Bertz CT molecular complexity index is 3500. The van der Waals surface area contributed by atoms with Gasteiger partial charge in [0.05, 0.1) is 22.1 Å². The zero-order valence-corrected chi connectivity index (χ0v) is 33.8. The molecule has 0 bridgehead atoms. The monoisotopic (exact) mass is 762 g/mol. The fraction of sp³-hybridized carbons (Fsp3) is 0.127. The first-order chi connectivity index (χ1) is 28.7. The van der Waals surface area contributed by atoms with Crippen molar-refractivity contribution in [1.29, 1.82) is 0 Å². The maximum absolute atomic E-state index is 7.10. The highest BCUT2D eigenvalue weighted by Crippen LogP contribution is 2.58. The van der Waals surface area contributed by atoms with Crippen molar-refractivity contribution in [2.45, 2.75) is 45.4 Å². The number of fused-ring (bicyclic) bond motifs is 14. The molecule has 0 saturated carbocycles. The Hall–Kier alpha value is -7.04. The molecule has 0 amide bonds. The first kappa shape index (κ1) is 34.0. The van der Waals surface area contributed by atoms with Crippen molar-refractivity contribution in [3.8, 4) is 16.8 Å².